The Morgan fingerprint density at radius 3 is 2.70 bits per heavy atom. The first-order chi connectivity index (χ1) is 14.8. The second kappa shape index (κ2) is 11.5. The van der Waals surface area contributed by atoms with E-state index in [2.05, 4.69) is 20.6 Å². The molecule has 1 aromatic heterocycles. The molecule has 7 nitrogen and oxygen atoms in total. The van der Waals surface area contributed by atoms with Crippen molar-refractivity contribution in [1.82, 2.24) is 15.6 Å². The fourth-order valence-electron chi connectivity index (χ4n) is 2.75. The van der Waals surface area contributed by atoms with Crippen molar-refractivity contribution in [2.24, 2.45) is 4.99 Å². The second-order valence-corrected chi connectivity index (χ2v) is 6.51. The smallest absolute Gasteiger partial charge is 0.226 e. The van der Waals surface area contributed by atoms with Gasteiger partial charge in [-0.05, 0) is 37.6 Å². The molecule has 0 radical (unpaired) electrons. The average Bonchev–Trinajstić information content (AvgIpc) is 3.27. The third-order valence-electron chi connectivity index (χ3n) is 4.24. The Labute approximate surface area is 177 Å². The van der Waals surface area contributed by atoms with Gasteiger partial charge >= 0.3 is 0 Å². The molecule has 158 valence electrons. The SMILES string of the molecule is CCNC(=NCc1coc(-c2ccccc2)n1)NCCCOc1cccc(OC)c1. The van der Waals surface area contributed by atoms with E-state index in [-0.39, 0.29) is 0 Å². The molecule has 1 heterocycles. The van der Waals surface area contributed by atoms with Crippen molar-refractivity contribution in [1.29, 1.82) is 0 Å². The predicted molar refractivity (Wildman–Crippen MR) is 118 cm³/mol. The van der Waals surface area contributed by atoms with Gasteiger partial charge in [0.15, 0.2) is 5.96 Å². The minimum absolute atomic E-state index is 0.436. The summed E-state index contributed by atoms with van der Waals surface area (Å²) in [5.41, 5.74) is 1.74. The number of methoxy groups -OCH3 is 1. The highest BCUT2D eigenvalue weighted by atomic mass is 16.5. The van der Waals surface area contributed by atoms with Gasteiger partial charge in [-0.2, -0.15) is 0 Å². The molecule has 2 aromatic carbocycles. The minimum Gasteiger partial charge on any atom is -0.497 e. The van der Waals surface area contributed by atoms with Crippen LogP contribution in [-0.2, 0) is 6.54 Å². The number of nitrogens with zero attached hydrogens (tertiary/aromatic N) is 2. The molecule has 0 unspecified atom stereocenters. The van der Waals surface area contributed by atoms with Crippen LogP contribution in [0.2, 0.25) is 0 Å². The first-order valence-corrected chi connectivity index (χ1v) is 10.1. The van der Waals surface area contributed by atoms with Gasteiger partial charge in [0, 0.05) is 24.7 Å². The summed E-state index contributed by atoms with van der Waals surface area (Å²) in [6.07, 6.45) is 2.49. The van der Waals surface area contributed by atoms with Gasteiger partial charge in [-0.1, -0.05) is 24.3 Å². The minimum atomic E-state index is 0.436. The van der Waals surface area contributed by atoms with Crippen LogP contribution in [0.5, 0.6) is 11.5 Å². The molecule has 2 N–H and O–H groups in total. The van der Waals surface area contributed by atoms with Gasteiger partial charge in [0.25, 0.3) is 0 Å². The number of aromatic nitrogens is 1. The van der Waals surface area contributed by atoms with Crippen LogP contribution in [0.4, 0.5) is 0 Å². The third kappa shape index (κ3) is 6.55. The fourth-order valence-corrected chi connectivity index (χ4v) is 2.75. The lowest BCUT2D eigenvalue weighted by molar-refractivity contribution is 0.308. The maximum Gasteiger partial charge on any atom is 0.226 e. The molecule has 7 heteroatoms. The summed E-state index contributed by atoms with van der Waals surface area (Å²) in [4.78, 5) is 9.09. The topological polar surface area (TPSA) is 80.9 Å². The molecule has 0 saturated carbocycles. The van der Waals surface area contributed by atoms with E-state index in [9.17, 15) is 0 Å². The van der Waals surface area contributed by atoms with Crippen LogP contribution in [0.3, 0.4) is 0 Å². The summed E-state index contributed by atoms with van der Waals surface area (Å²) in [7, 11) is 1.65. The van der Waals surface area contributed by atoms with Crippen LogP contribution in [0, 0.1) is 0 Å². The van der Waals surface area contributed by atoms with E-state index in [1.165, 1.54) is 0 Å². The highest BCUT2D eigenvalue weighted by molar-refractivity contribution is 5.79. The second-order valence-electron chi connectivity index (χ2n) is 6.51. The Kier molecular flexibility index (Phi) is 8.14. The van der Waals surface area contributed by atoms with Crippen molar-refractivity contribution in [3.8, 4) is 23.0 Å². The zero-order chi connectivity index (χ0) is 21.0. The number of guanidine groups is 1. The van der Waals surface area contributed by atoms with Crippen molar-refractivity contribution in [2.75, 3.05) is 26.8 Å². The Bertz CT molecular complexity index is 925. The number of benzene rings is 2. The molecule has 3 aromatic rings. The van der Waals surface area contributed by atoms with Gasteiger partial charge in [0.1, 0.15) is 23.5 Å². The molecule has 0 bridgehead atoms. The van der Waals surface area contributed by atoms with Crippen LogP contribution in [0.15, 0.2) is 70.3 Å². The number of rotatable bonds is 10. The number of hydrogen-bond donors (Lipinski definition) is 2. The van der Waals surface area contributed by atoms with Gasteiger partial charge in [0.05, 0.1) is 20.3 Å². The molecule has 3 rings (SSSR count). The molecule has 0 atom stereocenters. The molecule has 0 aliphatic rings. The van der Waals surface area contributed by atoms with Gasteiger partial charge in [-0.15, -0.1) is 0 Å². The Morgan fingerprint density at radius 1 is 1.07 bits per heavy atom. The van der Waals surface area contributed by atoms with E-state index in [0.717, 1.165) is 48.2 Å². The van der Waals surface area contributed by atoms with Crippen molar-refractivity contribution in [2.45, 2.75) is 19.9 Å². The van der Waals surface area contributed by atoms with E-state index >= 15 is 0 Å². The normalized spacial score (nSPS) is 11.2. The average molecular weight is 409 g/mol. The number of nitrogens with one attached hydrogen (secondary N) is 2. The molecule has 0 saturated heterocycles. The third-order valence-corrected chi connectivity index (χ3v) is 4.24. The number of hydrogen-bond acceptors (Lipinski definition) is 5. The highest BCUT2D eigenvalue weighted by Gasteiger charge is 2.06. The van der Waals surface area contributed by atoms with Crippen LogP contribution in [0.25, 0.3) is 11.5 Å². The van der Waals surface area contributed by atoms with E-state index in [1.807, 2.05) is 61.5 Å². The quantitative estimate of drug-likeness (QED) is 0.301. The lowest BCUT2D eigenvalue weighted by atomic mass is 10.2. The molecule has 0 aliphatic carbocycles. The van der Waals surface area contributed by atoms with Crippen LogP contribution in [-0.4, -0.2) is 37.7 Å². The number of oxazole rings is 1. The molecule has 0 fully saturated rings. The lowest BCUT2D eigenvalue weighted by Gasteiger charge is -2.11. The van der Waals surface area contributed by atoms with Gasteiger partial charge in [-0.25, -0.2) is 9.98 Å². The Balaban J connectivity index is 1.45. The van der Waals surface area contributed by atoms with Gasteiger partial charge in [0.2, 0.25) is 5.89 Å². The summed E-state index contributed by atoms with van der Waals surface area (Å²) in [6.45, 7) is 4.59. The fraction of sp³-hybridized carbons (Fsp3) is 0.304. The number of aliphatic imine (C=N–C) groups is 1. The van der Waals surface area contributed by atoms with E-state index < -0.39 is 0 Å². The summed E-state index contributed by atoms with van der Waals surface area (Å²) in [6, 6.07) is 17.4. The molecule has 0 spiro atoms. The Morgan fingerprint density at radius 2 is 1.90 bits per heavy atom. The summed E-state index contributed by atoms with van der Waals surface area (Å²) >= 11 is 0. The van der Waals surface area contributed by atoms with Crippen molar-refractivity contribution >= 4 is 5.96 Å². The molecule has 30 heavy (non-hydrogen) atoms. The van der Waals surface area contributed by atoms with Crippen LogP contribution in [0.1, 0.15) is 19.0 Å². The summed E-state index contributed by atoms with van der Waals surface area (Å²) in [5.74, 6) is 2.93. The highest BCUT2D eigenvalue weighted by Crippen LogP contribution is 2.19. The predicted octanol–water partition coefficient (Wildman–Crippen LogP) is 3.87. The number of ether oxygens (including phenoxy) is 2. The van der Waals surface area contributed by atoms with E-state index in [1.54, 1.807) is 13.4 Å². The molecule has 0 aliphatic heterocycles. The van der Waals surface area contributed by atoms with Gasteiger partial charge < -0.3 is 24.5 Å². The molecule has 0 amide bonds. The van der Waals surface area contributed by atoms with Crippen LogP contribution >= 0.6 is 0 Å². The first kappa shape index (κ1) is 21.2. The maximum absolute atomic E-state index is 5.76. The largest absolute Gasteiger partial charge is 0.497 e. The van der Waals surface area contributed by atoms with Gasteiger partial charge in [-0.3, -0.25) is 0 Å². The zero-order valence-corrected chi connectivity index (χ0v) is 17.4. The standard InChI is InChI=1S/C23H28N4O3/c1-3-24-23(25-13-8-14-29-21-12-7-11-20(15-21)28-2)26-16-19-17-30-22(27-19)18-9-5-4-6-10-18/h4-7,9-12,15,17H,3,8,13-14,16H2,1-2H3,(H2,24,25,26). The van der Waals surface area contributed by atoms with E-state index in [0.29, 0.717) is 19.0 Å². The van der Waals surface area contributed by atoms with Crippen LogP contribution < -0.4 is 20.1 Å². The van der Waals surface area contributed by atoms with Crippen molar-refractivity contribution in [3.05, 3.63) is 66.6 Å². The first-order valence-electron chi connectivity index (χ1n) is 10.1. The monoisotopic (exact) mass is 408 g/mol. The van der Waals surface area contributed by atoms with Crippen molar-refractivity contribution in [3.63, 3.8) is 0 Å². The maximum atomic E-state index is 5.76. The molecular formula is C23H28N4O3. The lowest BCUT2D eigenvalue weighted by Crippen LogP contribution is -2.38. The summed E-state index contributed by atoms with van der Waals surface area (Å²) < 4.78 is 16.5. The molecular weight excluding hydrogens is 380 g/mol. The summed E-state index contributed by atoms with van der Waals surface area (Å²) in [5, 5.41) is 6.55. The zero-order valence-electron chi connectivity index (χ0n) is 17.4. The Hall–Kier alpha value is -3.48. The van der Waals surface area contributed by atoms with Crippen molar-refractivity contribution < 1.29 is 13.9 Å². The van der Waals surface area contributed by atoms with E-state index in [4.69, 9.17) is 13.9 Å².